The Morgan fingerprint density at radius 2 is 1.74 bits per heavy atom. The predicted octanol–water partition coefficient (Wildman–Crippen LogP) is 3.61. The minimum absolute atomic E-state index is 0.0715. The number of amides is 2. The Balaban J connectivity index is 1.85. The van der Waals surface area contributed by atoms with Gasteiger partial charge in [-0.2, -0.15) is 0 Å². The smallest absolute Gasteiger partial charge is 0.253 e. The molecule has 1 heterocycles. The molecule has 0 saturated carbocycles. The van der Waals surface area contributed by atoms with Gasteiger partial charge in [-0.3, -0.25) is 9.59 Å². The van der Waals surface area contributed by atoms with Crippen molar-refractivity contribution in [2.24, 2.45) is 5.92 Å². The number of nitrogens with zero attached hydrogens (tertiary/aromatic N) is 1. The molecule has 2 rings (SSSR count). The van der Waals surface area contributed by atoms with Crippen LogP contribution < -0.4 is 5.32 Å². The summed E-state index contributed by atoms with van der Waals surface area (Å²) in [6.07, 6.45) is 3.41. The van der Waals surface area contributed by atoms with Crippen LogP contribution in [0.15, 0.2) is 28.7 Å². The molecule has 23 heavy (non-hydrogen) atoms. The Labute approximate surface area is 146 Å². The number of piperidine rings is 1. The zero-order valence-electron chi connectivity index (χ0n) is 13.8. The number of hydrogen-bond donors (Lipinski definition) is 1. The molecule has 0 aliphatic carbocycles. The summed E-state index contributed by atoms with van der Waals surface area (Å²) < 4.78 is 0.969. The van der Waals surface area contributed by atoms with Crippen molar-refractivity contribution in [3.63, 3.8) is 0 Å². The van der Waals surface area contributed by atoms with E-state index in [1.807, 2.05) is 43.0 Å². The van der Waals surface area contributed by atoms with Gasteiger partial charge in [-0.1, -0.05) is 29.8 Å². The van der Waals surface area contributed by atoms with Gasteiger partial charge in [-0.25, -0.2) is 0 Å². The summed E-state index contributed by atoms with van der Waals surface area (Å²) in [5.41, 5.74) is 0.715. The van der Waals surface area contributed by atoms with Gasteiger partial charge < -0.3 is 10.2 Å². The van der Waals surface area contributed by atoms with Crippen molar-refractivity contribution in [1.29, 1.82) is 0 Å². The first kappa shape index (κ1) is 18.0. The summed E-state index contributed by atoms with van der Waals surface area (Å²) in [6.45, 7) is 5.49. The van der Waals surface area contributed by atoms with E-state index in [-0.39, 0.29) is 23.8 Å². The number of nitrogens with one attached hydrogen (secondary N) is 1. The number of rotatable bonds is 5. The van der Waals surface area contributed by atoms with Crippen molar-refractivity contribution >= 4 is 27.7 Å². The van der Waals surface area contributed by atoms with Gasteiger partial charge in [-0.05, 0) is 49.9 Å². The summed E-state index contributed by atoms with van der Waals surface area (Å²) in [4.78, 5) is 26.5. The Kier molecular flexibility index (Phi) is 6.63. The highest BCUT2D eigenvalue weighted by molar-refractivity contribution is 9.10. The first-order valence-corrected chi connectivity index (χ1v) is 9.19. The van der Waals surface area contributed by atoms with Crippen molar-refractivity contribution in [3.05, 3.63) is 34.3 Å². The second-order valence-corrected chi connectivity index (χ2v) is 7.01. The number of carbonyl (C=O) groups excluding carboxylic acids is 2. The van der Waals surface area contributed by atoms with E-state index >= 15 is 0 Å². The minimum atomic E-state index is 0.0715. The summed E-state index contributed by atoms with van der Waals surface area (Å²) in [5.74, 6) is 0.340. The molecule has 1 N–H and O–H groups in total. The van der Waals surface area contributed by atoms with Crippen LogP contribution in [0, 0.1) is 5.92 Å². The van der Waals surface area contributed by atoms with E-state index in [2.05, 4.69) is 21.2 Å². The molecular formula is C18H25BrN2O2. The molecule has 0 spiro atoms. The van der Waals surface area contributed by atoms with E-state index in [9.17, 15) is 9.59 Å². The van der Waals surface area contributed by atoms with E-state index in [0.717, 1.165) is 30.2 Å². The Morgan fingerprint density at radius 3 is 2.26 bits per heavy atom. The van der Waals surface area contributed by atoms with Gasteiger partial charge in [0.2, 0.25) is 5.91 Å². The lowest BCUT2D eigenvalue weighted by Crippen LogP contribution is -2.47. The van der Waals surface area contributed by atoms with Gasteiger partial charge in [-0.15, -0.1) is 0 Å². The zero-order valence-corrected chi connectivity index (χ0v) is 15.4. The molecule has 0 aromatic heterocycles. The van der Waals surface area contributed by atoms with Crippen LogP contribution in [0.3, 0.4) is 0 Å². The van der Waals surface area contributed by atoms with Gasteiger partial charge in [0.05, 0.1) is 0 Å². The molecule has 1 saturated heterocycles. The van der Waals surface area contributed by atoms with E-state index in [1.165, 1.54) is 0 Å². The molecular weight excluding hydrogens is 356 g/mol. The second kappa shape index (κ2) is 8.48. The molecule has 4 nitrogen and oxygen atoms in total. The lowest BCUT2D eigenvalue weighted by atomic mass is 9.99. The molecule has 1 aromatic carbocycles. The molecule has 0 atom stereocenters. The van der Waals surface area contributed by atoms with Crippen LogP contribution in [0.5, 0.6) is 0 Å². The molecule has 0 unspecified atom stereocenters. The van der Waals surface area contributed by atoms with Gasteiger partial charge in [0.15, 0.2) is 0 Å². The maximum Gasteiger partial charge on any atom is 0.253 e. The molecule has 0 bridgehead atoms. The third-order valence-corrected chi connectivity index (χ3v) is 5.10. The van der Waals surface area contributed by atoms with Crippen LogP contribution >= 0.6 is 15.9 Å². The average molecular weight is 381 g/mol. The van der Waals surface area contributed by atoms with Crippen molar-refractivity contribution < 1.29 is 9.59 Å². The number of halogens is 1. The van der Waals surface area contributed by atoms with Crippen LogP contribution in [-0.4, -0.2) is 35.8 Å². The molecule has 1 fully saturated rings. The lowest BCUT2D eigenvalue weighted by Gasteiger charge is -2.33. The Hall–Kier alpha value is -1.36. The fourth-order valence-corrected chi connectivity index (χ4v) is 3.24. The van der Waals surface area contributed by atoms with Crippen molar-refractivity contribution in [3.8, 4) is 0 Å². The number of carbonyl (C=O) groups is 2. The monoisotopic (exact) mass is 380 g/mol. The number of likely N-dealkylation sites (tertiary alicyclic amines) is 1. The van der Waals surface area contributed by atoms with Gasteiger partial charge in [0.25, 0.3) is 5.91 Å². The maximum atomic E-state index is 12.5. The fraction of sp³-hybridized carbons (Fsp3) is 0.556. The summed E-state index contributed by atoms with van der Waals surface area (Å²) in [7, 11) is 0. The first-order chi connectivity index (χ1) is 11.0. The fourth-order valence-electron chi connectivity index (χ4n) is 2.98. The highest BCUT2D eigenvalue weighted by Gasteiger charge is 2.26. The molecule has 2 amide bonds. The standard InChI is InChI=1S/C18H25BrN2O2/c1-3-13(4-2)17(22)20-16-9-11-21(12-10-16)18(23)14-5-7-15(19)8-6-14/h5-8,13,16H,3-4,9-12H2,1-2H3,(H,20,22). The third kappa shape index (κ3) is 4.80. The van der Waals surface area contributed by atoms with Gasteiger partial charge in [0, 0.05) is 35.1 Å². The highest BCUT2D eigenvalue weighted by Crippen LogP contribution is 2.17. The minimum Gasteiger partial charge on any atom is -0.353 e. The van der Waals surface area contributed by atoms with Crippen molar-refractivity contribution in [2.75, 3.05) is 13.1 Å². The third-order valence-electron chi connectivity index (χ3n) is 4.58. The summed E-state index contributed by atoms with van der Waals surface area (Å²) in [5, 5.41) is 3.14. The van der Waals surface area contributed by atoms with E-state index in [0.29, 0.717) is 18.7 Å². The van der Waals surface area contributed by atoms with Crippen LogP contribution in [0.2, 0.25) is 0 Å². The van der Waals surface area contributed by atoms with Gasteiger partial charge in [0.1, 0.15) is 0 Å². The molecule has 1 aliphatic heterocycles. The largest absolute Gasteiger partial charge is 0.353 e. The van der Waals surface area contributed by atoms with Crippen LogP contribution in [0.4, 0.5) is 0 Å². The summed E-state index contributed by atoms with van der Waals surface area (Å²) >= 11 is 3.38. The summed E-state index contributed by atoms with van der Waals surface area (Å²) in [6, 6.07) is 7.64. The van der Waals surface area contributed by atoms with Crippen LogP contribution in [-0.2, 0) is 4.79 Å². The van der Waals surface area contributed by atoms with Crippen molar-refractivity contribution in [2.45, 2.75) is 45.6 Å². The van der Waals surface area contributed by atoms with Crippen molar-refractivity contribution in [1.82, 2.24) is 10.2 Å². The first-order valence-electron chi connectivity index (χ1n) is 8.40. The predicted molar refractivity (Wildman–Crippen MR) is 95.3 cm³/mol. The lowest BCUT2D eigenvalue weighted by molar-refractivity contribution is -0.126. The number of benzene rings is 1. The topological polar surface area (TPSA) is 49.4 Å². The number of hydrogen-bond acceptors (Lipinski definition) is 2. The molecule has 0 radical (unpaired) electrons. The Morgan fingerprint density at radius 1 is 1.17 bits per heavy atom. The van der Waals surface area contributed by atoms with E-state index < -0.39 is 0 Å². The van der Waals surface area contributed by atoms with E-state index in [1.54, 1.807) is 0 Å². The maximum absolute atomic E-state index is 12.5. The highest BCUT2D eigenvalue weighted by atomic mass is 79.9. The zero-order chi connectivity index (χ0) is 16.8. The molecule has 1 aromatic rings. The average Bonchev–Trinajstić information content (AvgIpc) is 2.57. The Bertz CT molecular complexity index is 532. The molecule has 5 heteroatoms. The SMILES string of the molecule is CCC(CC)C(=O)NC1CCN(C(=O)c2ccc(Br)cc2)CC1. The second-order valence-electron chi connectivity index (χ2n) is 6.10. The normalized spacial score (nSPS) is 15.7. The van der Waals surface area contributed by atoms with E-state index in [4.69, 9.17) is 0 Å². The molecule has 1 aliphatic rings. The molecule has 126 valence electrons. The quantitative estimate of drug-likeness (QED) is 0.847. The van der Waals surface area contributed by atoms with Crippen LogP contribution in [0.1, 0.15) is 49.9 Å². The van der Waals surface area contributed by atoms with Gasteiger partial charge >= 0.3 is 0 Å². The van der Waals surface area contributed by atoms with Crippen LogP contribution in [0.25, 0.3) is 0 Å².